The number of H-pyrrole nitrogens is 1. The van der Waals surface area contributed by atoms with Gasteiger partial charge in [0.2, 0.25) is 0 Å². The molecule has 6 nitrogen and oxygen atoms in total. The van der Waals surface area contributed by atoms with E-state index in [1.807, 2.05) is 0 Å². The Kier molecular flexibility index (Phi) is 5.42. The van der Waals surface area contributed by atoms with Crippen molar-refractivity contribution in [2.45, 2.75) is 6.42 Å². The van der Waals surface area contributed by atoms with Crippen molar-refractivity contribution >= 4 is 5.91 Å². The first-order chi connectivity index (χ1) is 7.34. The second kappa shape index (κ2) is 6.97. The maximum absolute atomic E-state index is 11.3. The largest absolute Gasteiger partial charge is 0.394 e. The number of hydrogen-bond acceptors (Lipinski definition) is 4. The summed E-state index contributed by atoms with van der Waals surface area (Å²) in [6.45, 7) is 1.45. The van der Waals surface area contributed by atoms with Crippen molar-refractivity contribution in [3.63, 3.8) is 0 Å². The summed E-state index contributed by atoms with van der Waals surface area (Å²) in [5, 5.41) is 11.1. The number of aliphatic hydroxyl groups excluding tert-OH is 1. The molecule has 0 atom stereocenters. The van der Waals surface area contributed by atoms with Gasteiger partial charge in [-0.1, -0.05) is 0 Å². The SMILES string of the molecule is O=C(NCCCOCCO)c1cnc[nH]1. The second-order valence-electron chi connectivity index (χ2n) is 2.91. The number of ether oxygens (including phenoxy) is 1. The molecular formula is C9H15N3O3. The summed E-state index contributed by atoms with van der Waals surface area (Å²) >= 11 is 0. The summed E-state index contributed by atoms with van der Waals surface area (Å²) in [5.41, 5.74) is 0.450. The molecule has 0 fully saturated rings. The van der Waals surface area contributed by atoms with Crippen LogP contribution in [0.3, 0.4) is 0 Å². The summed E-state index contributed by atoms with van der Waals surface area (Å²) in [5.74, 6) is -0.172. The Balaban J connectivity index is 2.03. The predicted molar refractivity (Wildman–Crippen MR) is 53.4 cm³/mol. The van der Waals surface area contributed by atoms with Crippen molar-refractivity contribution in [2.75, 3.05) is 26.4 Å². The van der Waals surface area contributed by atoms with Crippen molar-refractivity contribution < 1.29 is 14.6 Å². The fourth-order valence-electron chi connectivity index (χ4n) is 1.02. The van der Waals surface area contributed by atoms with Crippen molar-refractivity contribution in [3.8, 4) is 0 Å². The highest BCUT2D eigenvalue weighted by Crippen LogP contribution is 1.90. The fraction of sp³-hybridized carbons (Fsp3) is 0.556. The number of nitrogens with zero attached hydrogens (tertiary/aromatic N) is 1. The first kappa shape index (κ1) is 11.7. The Hall–Kier alpha value is -1.40. The number of carbonyl (C=O) groups is 1. The molecule has 0 aliphatic carbocycles. The molecule has 1 rings (SSSR count). The molecule has 1 aromatic heterocycles. The van der Waals surface area contributed by atoms with Crippen LogP contribution >= 0.6 is 0 Å². The average molecular weight is 213 g/mol. The normalized spacial score (nSPS) is 10.2. The molecule has 1 heterocycles. The molecule has 0 unspecified atom stereocenters. The zero-order valence-corrected chi connectivity index (χ0v) is 8.40. The summed E-state index contributed by atoms with van der Waals surface area (Å²) in [6.07, 6.45) is 3.65. The lowest BCUT2D eigenvalue weighted by Gasteiger charge is -2.03. The Bertz CT molecular complexity index is 274. The molecule has 0 spiro atoms. The first-order valence-electron chi connectivity index (χ1n) is 4.80. The number of aromatic nitrogens is 2. The van der Waals surface area contributed by atoms with Crippen LogP contribution in [0.2, 0.25) is 0 Å². The van der Waals surface area contributed by atoms with E-state index in [2.05, 4.69) is 15.3 Å². The number of hydrogen-bond donors (Lipinski definition) is 3. The van der Waals surface area contributed by atoms with E-state index in [1.54, 1.807) is 0 Å². The van der Waals surface area contributed by atoms with Crippen molar-refractivity contribution in [2.24, 2.45) is 0 Å². The molecule has 0 saturated heterocycles. The Morgan fingerprint density at radius 2 is 2.47 bits per heavy atom. The van der Waals surface area contributed by atoms with Gasteiger partial charge in [0.1, 0.15) is 5.69 Å². The van der Waals surface area contributed by atoms with Gasteiger partial charge in [-0.25, -0.2) is 4.98 Å². The van der Waals surface area contributed by atoms with Crippen LogP contribution in [-0.2, 0) is 4.74 Å². The molecule has 0 aliphatic heterocycles. The van der Waals surface area contributed by atoms with Crippen LogP contribution in [0.4, 0.5) is 0 Å². The summed E-state index contributed by atoms with van der Waals surface area (Å²) in [4.78, 5) is 17.8. The lowest BCUT2D eigenvalue weighted by Crippen LogP contribution is -2.25. The van der Waals surface area contributed by atoms with E-state index >= 15 is 0 Å². The molecule has 0 radical (unpaired) electrons. The Morgan fingerprint density at radius 3 is 3.13 bits per heavy atom. The van der Waals surface area contributed by atoms with Crippen LogP contribution in [0.5, 0.6) is 0 Å². The van der Waals surface area contributed by atoms with E-state index in [0.717, 1.165) is 6.42 Å². The van der Waals surface area contributed by atoms with Gasteiger partial charge in [-0.15, -0.1) is 0 Å². The quantitative estimate of drug-likeness (QED) is 0.535. The van der Waals surface area contributed by atoms with E-state index in [1.165, 1.54) is 12.5 Å². The van der Waals surface area contributed by atoms with Crippen LogP contribution in [0.15, 0.2) is 12.5 Å². The average Bonchev–Trinajstić information content (AvgIpc) is 2.76. The van der Waals surface area contributed by atoms with Gasteiger partial charge < -0.3 is 20.1 Å². The number of aliphatic hydroxyl groups is 1. The van der Waals surface area contributed by atoms with Gasteiger partial charge in [-0.2, -0.15) is 0 Å². The third-order valence-electron chi connectivity index (χ3n) is 1.73. The minimum absolute atomic E-state index is 0.0283. The molecule has 0 aliphatic rings. The molecule has 1 amide bonds. The lowest BCUT2D eigenvalue weighted by molar-refractivity contribution is 0.0866. The molecule has 15 heavy (non-hydrogen) atoms. The third kappa shape index (κ3) is 4.57. The van der Waals surface area contributed by atoms with Gasteiger partial charge in [-0.3, -0.25) is 4.79 Å². The lowest BCUT2D eigenvalue weighted by atomic mass is 10.4. The smallest absolute Gasteiger partial charge is 0.269 e. The number of amides is 1. The molecule has 0 saturated carbocycles. The molecule has 0 aromatic carbocycles. The highest BCUT2D eigenvalue weighted by Gasteiger charge is 2.04. The minimum atomic E-state index is -0.172. The van der Waals surface area contributed by atoms with Crippen LogP contribution in [0.1, 0.15) is 16.9 Å². The highest BCUT2D eigenvalue weighted by molar-refractivity contribution is 5.91. The highest BCUT2D eigenvalue weighted by atomic mass is 16.5. The van der Waals surface area contributed by atoms with Gasteiger partial charge >= 0.3 is 0 Å². The number of nitrogens with one attached hydrogen (secondary N) is 2. The van der Waals surface area contributed by atoms with E-state index in [9.17, 15) is 4.79 Å². The van der Waals surface area contributed by atoms with Crippen LogP contribution < -0.4 is 5.32 Å². The Morgan fingerprint density at radius 1 is 1.60 bits per heavy atom. The fourth-order valence-corrected chi connectivity index (χ4v) is 1.02. The monoisotopic (exact) mass is 213 g/mol. The zero-order chi connectivity index (χ0) is 10.9. The van der Waals surface area contributed by atoms with Crippen molar-refractivity contribution in [3.05, 3.63) is 18.2 Å². The standard InChI is InChI=1S/C9H15N3O3/c13-3-5-15-4-1-2-11-9(14)8-6-10-7-12-8/h6-7,13H,1-5H2,(H,10,12)(H,11,14). The van der Waals surface area contributed by atoms with Crippen LogP contribution in [0.25, 0.3) is 0 Å². The number of imidazole rings is 1. The van der Waals surface area contributed by atoms with Gasteiger partial charge in [0.05, 0.1) is 25.7 Å². The number of rotatable bonds is 7. The van der Waals surface area contributed by atoms with E-state index in [-0.39, 0.29) is 12.5 Å². The summed E-state index contributed by atoms with van der Waals surface area (Å²) in [6, 6.07) is 0. The van der Waals surface area contributed by atoms with E-state index in [4.69, 9.17) is 9.84 Å². The van der Waals surface area contributed by atoms with Gasteiger partial charge in [0.25, 0.3) is 5.91 Å². The van der Waals surface area contributed by atoms with Crippen molar-refractivity contribution in [1.29, 1.82) is 0 Å². The first-order valence-corrected chi connectivity index (χ1v) is 4.80. The summed E-state index contributed by atoms with van der Waals surface area (Å²) in [7, 11) is 0. The molecule has 1 aromatic rings. The third-order valence-corrected chi connectivity index (χ3v) is 1.73. The minimum Gasteiger partial charge on any atom is -0.394 e. The number of aromatic amines is 1. The second-order valence-corrected chi connectivity index (χ2v) is 2.91. The molecule has 3 N–H and O–H groups in total. The maximum atomic E-state index is 11.3. The summed E-state index contributed by atoms with van der Waals surface area (Å²) < 4.78 is 5.03. The van der Waals surface area contributed by atoms with E-state index < -0.39 is 0 Å². The molecular weight excluding hydrogens is 198 g/mol. The zero-order valence-electron chi connectivity index (χ0n) is 8.40. The maximum Gasteiger partial charge on any atom is 0.269 e. The molecule has 0 bridgehead atoms. The van der Waals surface area contributed by atoms with Gasteiger partial charge in [0, 0.05) is 13.2 Å². The van der Waals surface area contributed by atoms with Crippen LogP contribution in [-0.4, -0.2) is 47.3 Å². The number of carbonyl (C=O) groups excluding carboxylic acids is 1. The molecule has 84 valence electrons. The van der Waals surface area contributed by atoms with Crippen LogP contribution in [0, 0.1) is 0 Å². The van der Waals surface area contributed by atoms with E-state index in [0.29, 0.717) is 25.5 Å². The molecule has 6 heteroatoms. The topological polar surface area (TPSA) is 87.2 Å². The predicted octanol–water partition coefficient (Wildman–Crippen LogP) is -0.462. The van der Waals surface area contributed by atoms with Crippen molar-refractivity contribution in [1.82, 2.24) is 15.3 Å². The van der Waals surface area contributed by atoms with Gasteiger partial charge in [-0.05, 0) is 6.42 Å². The Labute approximate surface area is 87.7 Å². The van der Waals surface area contributed by atoms with Gasteiger partial charge in [0.15, 0.2) is 0 Å².